The Bertz CT molecular complexity index is 661. The van der Waals surface area contributed by atoms with E-state index >= 15 is 0 Å². The molecule has 2 saturated heterocycles. The molecule has 2 aliphatic rings. The van der Waals surface area contributed by atoms with Gasteiger partial charge in [0, 0.05) is 45.3 Å². The Kier molecular flexibility index (Phi) is 5.34. The van der Waals surface area contributed by atoms with Gasteiger partial charge in [-0.25, -0.2) is 4.79 Å². The van der Waals surface area contributed by atoms with Crippen LogP contribution in [0.3, 0.4) is 0 Å². The van der Waals surface area contributed by atoms with E-state index in [1.165, 1.54) is 4.90 Å². The van der Waals surface area contributed by atoms with Crippen molar-refractivity contribution in [1.82, 2.24) is 15.1 Å². The Morgan fingerprint density at radius 3 is 2.52 bits per heavy atom. The Balaban J connectivity index is 1.52. The van der Waals surface area contributed by atoms with Crippen LogP contribution < -0.4 is 15.0 Å². The summed E-state index contributed by atoms with van der Waals surface area (Å²) in [5, 5.41) is 3.34. The Morgan fingerprint density at radius 2 is 1.92 bits per heavy atom. The molecule has 2 fully saturated rings. The summed E-state index contributed by atoms with van der Waals surface area (Å²) < 4.78 is 5.28. The van der Waals surface area contributed by atoms with Crippen LogP contribution in [0.5, 0.6) is 5.75 Å². The van der Waals surface area contributed by atoms with E-state index in [1.807, 2.05) is 18.2 Å². The van der Waals surface area contributed by atoms with E-state index in [-0.39, 0.29) is 11.9 Å². The van der Waals surface area contributed by atoms with Gasteiger partial charge in [0.1, 0.15) is 11.8 Å². The van der Waals surface area contributed by atoms with Crippen LogP contribution in [0.4, 0.5) is 10.5 Å². The van der Waals surface area contributed by atoms with Gasteiger partial charge >= 0.3 is 6.03 Å². The summed E-state index contributed by atoms with van der Waals surface area (Å²) in [5.74, 6) is 0.640. The molecule has 3 amide bonds. The molecule has 0 spiro atoms. The monoisotopic (exact) mass is 366 g/mol. The maximum absolute atomic E-state index is 11.9. The van der Waals surface area contributed by atoms with Crippen LogP contribution in [-0.2, 0) is 4.79 Å². The molecule has 0 bridgehead atoms. The number of nitrogens with zero attached hydrogens (tertiary/aromatic N) is 3. The van der Waals surface area contributed by atoms with Crippen molar-refractivity contribution in [2.24, 2.45) is 0 Å². The Hall–Kier alpha value is -1.99. The maximum atomic E-state index is 11.9. The second-order valence-electron chi connectivity index (χ2n) is 6.31. The number of urea groups is 1. The number of hydrogen-bond acceptors (Lipinski definition) is 5. The molecule has 0 radical (unpaired) electrons. The van der Waals surface area contributed by atoms with Crippen LogP contribution in [0.25, 0.3) is 0 Å². The zero-order valence-electron chi connectivity index (χ0n) is 14.5. The van der Waals surface area contributed by atoms with Crippen molar-refractivity contribution in [3.63, 3.8) is 0 Å². The van der Waals surface area contributed by atoms with E-state index in [0.29, 0.717) is 18.1 Å². The molecule has 1 aromatic rings. The fourth-order valence-corrected chi connectivity index (χ4v) is 3.42. The summed E-state index contributed by atoms with van der Waals surface area (Å²) in [6, 6.07) is 4.94. The number of hydrogen-bond donors (Lipinski definition) is 1. The molecule has 2 aliphatic heterocycles. The topological polar surface area (TPSA) is 65.1 Å². The minimum Gasteiger partial charge on any atom is -0.497 e. The molecule has 136 valence electrons. The van der Waals surface area contributed by atoms with Crippen molar-refractivity contribution < 1.29 is 14.3 Å². The Labute approximate surface area is 152 Å². The minimum atomic E-state index is -0.417. The number of halogens is 1. The van der Waals surface area contributed by atoms with Crippen molar-refractivity contribution in [2.75, 3.05) is 51.3 Å². The molecule has 0 aliphatic carbocycles. The van der Waals surface area contributed by atoms with Crippen LogP contribution >= 0.6 is 11.6 Å². The molecule has 8 heteroatoms. The SMILES string of the molecule is COc1ccc(Cl)c(N2CCN(CCN3C(=O)NC(C)C3=O)CC2)c1. The lowest BCUT2D eigenvalue weighted by Gasteiger charge is -2.37. The van der Waals surface area contributed by atoms with Crippen LogP contribution in [-0.4, -0.2) is 74.2 Å². The molecular formula is C17H23ClN4O3. The lowest BCUT2D eigenvalue weighted by Crippen LogP contribution is -2.49. The van der Waals surface area contributed by atoms with Gasteiger partial charge in [-0.15, -0.1) is 0 Å². The quantitative estimate of drug-likeness (QED) is 0.798. The van der Waals surface area contributed by atoms with Gasteiger partial charge < -0.3 is 15.0 Å². The zero-order valence-corrected chi connectivity index (χ0v) is 15.3. The van der Waals surface area contributed by atoms with Crippen LogP contribution in [0.1, 0.15) is 6.92 Å². The van der Waals surface area contributed by atoms with E-state index in [9.17, 15) is 9.59 Å². The third-order valence-corrected chi connectivity index (χ3v) is 5.05. The van der Waals surface area contributed by atoms with Gasteiger partial charge in [-0.2, -0.15) is 0 Å². The number of ether oxygens (including phenoxy) is 1. The molecule has 1 atom stereocenters. The molecule has 1 aromatic carbocycles. The molecule has 3 rings (SSSR count). The third kappa shape index (κ3) is 3.82. The lowest BCUT2D eigenvalue weighted by atomic mass is 10.2. The molecular weight excluding hydrogens is 344 g/mol. The molecule has 0 saturated carbocycles. The first-order chi connectivity index (χ1) is 12.0. The zero-order chi connectivity index (χ0) is 18.0. The number of anilines is 1. The average Bonchev–Trinajstić information content (AvgIpc) is 2.86. The summed E-state index contributed by atoms with van der Waals surface area (Å²) in [5.41, 5.74) is 0.976. The number of carbonyl (C=O) groups excluding carboxylic acids is 2. The normalized spacial score (nSPS) is 21.6. The highest BCUT2D eigenvalue weighted by Crippen LogP contribution is 2.30. The molecule has 1 unspecified atom stereocenters. The highest BCUT2D eigenvalue weighted by molar-refractivity contribution is 6.33. The number of rotatable bonds is 5. The molecule has 25 heavy (non-hydrogen) atoms. The number of methoxy groups -OCH3 is 1. The fourth-order valence-electron chi connectivity index (χ4n) is 3.19. The number of piperazine rings is 1. The first kappa shape index (κ1) is 17.8. The van der Waals surface area contributed by atoms with E-state index < -0.39 is 6.04 Å². The van der Waals surface area contributed by atoms with Crippen molar-refractivity contribution in [2.45, 2.75) is 13.0 Å². The predicted octanol–water partition coefficient (Wildman–Crippen LogP) is 1.41. The molecule has 1 N–H and O–H groups in total. The lowest BCUT2D eigenvalue weighted by molar-refractivity contribution is -0.127. The van der Waals surface area contributed by atoms with Crippen molar-refractivity contribution in [3.8, 4) is 5.75 Å². The summed E-state index contributed by atoms with van der Waals surface area (Å²) in [6.45, 7) is 6.20. The third-order valence-electron chi connectivity index (χ3n) is 4.73. The maximum Gasteiger partial charge on any atom is 0.324 e. The summed E-state index contributed by atoms with van der Waals surface area (Å²) in [4.78, 5) is 29.4. The van der Waals surface area contributed by atoms with Crippen molar-refractivity contribution in [3.05, 3.63) is 23.2 Å². The van der Waals surface area contributed by atoms with Crippen LogP contribution in [0, 0.1) is 0 Å². The van der Waals surface area contributed by atoms with Crippen LogP contribution in [0.15, 0.2) is 18.2 Å². The average molecular weight is 367 g/mol. The van der Waals surface area contributed by atoms with Crippen molar-refractivity contribution >= 4 is 29.2 Å². The van der Waals surface area contributed by atoms with Gasteiger partial charge in [0.2, 0.25) is 0 Å². The second kappa shape index (κ2) is 7.49. The first-order valence-corrected chi connectivity index (χ1v) is 8.80. The highest BCUT2D eigenvalue weighted by atomic mass is 35.5. The molecule has 0 aromatic heterocycles. The second-order valence-corrected chi connectivity index (χ2v) is 6.71. The fraction of sp³-hybridized carbons (Fsp3) is 0.529. The standard InChI is InChI=1S/C17H23ClN4O3/c1-12-16(23)22(17(24)19-12)10-7-20-5-8-21(9-6-20)15-11-13(25-2)3-4-14(15)18/h3-4,11-12H,5-10H2,1-2H3,(H,19,24). The van der Waals surface area contributed by atoms with Crippen LogP contribution in [0.2, 0.25) is 5.02 Å². The van der Waals surface area contributed by atoms with E-state index in [0.717, 1.165) is 37.6 Å². The van der Waals surface area contributed by atoms with Gasteiger partial charge in [-0.1, -0.05) is 11.6 Å². The summed E-state index contributed by atoms with van der Waals surface area (Å²) in [6.07, 6.45) is 0. The van der Waals surface area contributed by atoms with Gasteiger partial charge in [-0.05, 0) is 19.1 Å². The molecule has 2 heterocycles. The number of carbonyl (C=O) groups is 2. The van der Waals surface area contributed by atoms with Gasteiger partial charge in [0.15, 0.2) is 0 Å². The van der Waals surface area contributed by atoms with E-state index in [2.05, 4.69) is 15.1 Å². The summed E-state index contributed by atoms with van der Waals surface area (Å²) in [7, 11) is 1.64. The predicted molar refractivity (Wildman–Crippen MR) is 96.4 cm³/mol. The number of amides is 3. The number of benzene rings is 1. The largest absolute Gasteiger partial charge is 0.497 e. The number of imide groups is 1. The highest BCUT2D eigenvalue weighted by Gasteiger charge is 2.34. The van der Waals surface area contributed by atoms with Gasteiger partial charge in [0.05, 0.1) is 17.8 Å². The first-order valence-electron chi connectivity index (χ1n) is 8.42. The van der Waals surface area contributed by atoms with E-state index in [4.69, 9.17) is 16.3 Å². The van der Waals surface area contributed by atoms with Gasteiger partial charge in [-0.3, -0.25) is 14.6 Å². The summed E-state index contributed by atoms with van der Waals surface area (Å²) >= 11 is 6.32. The van der Waals surface area contributed by atoms with Crippen molar-refractivity contribution in [1.29, 1.82) is 0 Å². The number of nitrogens with one attached hydrogen (secondary N) is 1. The van der Waals surface area contributed by atoms with Gasteiger partial charge in [0.25, 0.3) is 5.91 Å². The smallest absolute Gasteiger partial charge is 0.324 e. The van der Waals surface area contributed by atoms with E-state index in [1.54, 1.807) is 14.0 Å². The molecule has 7 nitrogen and oxygen atoms in total. The minimum absolute atomic E-state index is 0.146. The Morgan fingerprint density at radius 1 is 1.20 bits per heavy atom.